The van der Waals surface area contributed by atoms with E-state index in [2.05, 4.69) is 4.98 Å². The Bertz CT molecular complexity index is 644. The van der Waals surface area contributed by atoms with Crippen molar-refractivity contribution in [2.75, 3.05) is 0 Å². The number of aromatic nitrogens is 1. The van der Waals surface area contributed by atoms with Crippen molar-refractivity contribution in [2.24, 2.45) is 0 Å². The van der Waals surface area contributed by atoms with E-state index >= 15 is 0 Å². The summed E-state index contributed by atoms with van der Waals surface area (Å²) in [4.78, 5) is 14.7. The van der Waals surface area contributed by atoms with Crippen LogP contribution in [0.15, 0.2) is 30.5 Å². The van der Waals surface area contributed by atoms with Crippen molar-refractivity contribution >= 4 is 40.8 Å². The number of carbonyl (C=O) groups is 1. The van der Waals surface area contributed by atoms with Gasteiger partial charge in [-0.15, -0.1) is 0 Å². The molecular formula is C13H8Cl3NO2. The monoisotopic (exact) mass is 315 g/mol. The molecule has 0 saturated carbocycles. The minimum absolute atomic E-state index is 0.180. The summed E-state index contributed by atoms with van der Waals surface area (Å²) in [5.41, 5.74) is 1.99. The van der Waals surface area contributed by atoms with Crippen LogP contribution in [0.1, 0.15) is 5.56 Å². The van der Waals surface area contributed by atoms with Crippen molar-refractivity contribution in [3.63, 3.8) is 0 Å². The Labute approximate surface area is 124 Å². The van der Waals surface area contributed by atoms with E-state index in [1.54, 1.807) is 30.5 Å². The summed E-state index contributed by atoms with van der Waals surface area (Å²) in [6.07, 6.45) is 1.38. The standard InChI is InChI=1S/C13H8Cl3NO2/c14-10-2-1-7(4-11(10)15)9-3-8(5-12(18)19)13(16)17-6-9/h1-4,6H,5H2,(H,18,19). The molecule has 2 rings (SSSR count). The zero-order valence-corrected chi connectivity index (χ0v) is 11.8. The van der Waals surface area contributed by atoms with Crippen molar-refractivity contribution in [3.8, 4) is 11.1 Å². The Hall–Kier alpha value is -1.29. The summed E-state index contributed by atoms with van der Waals surface area (Å²) >= 11 is 17.7. The van der Waals surface area contributed by atoms with Crippen LogP contribution in [0.4, 0.5) is 0 Å². The molecule has 0 atom stereocenters. The van der Waals surface area contributed by atoms with Crippen LogP contribution in [-0.4, -0.2) is 16.1 Å². The minimum atomic E-state index is -0.963. The molecule has 0 unspecified atom stereocenters. The van der Waals surface area contributed by atoms with E-state index in [1.165, 1.54) is 0 Å². The normalized spacial score (nSPS) is 10.5. The number of halogens is 3. The first-order chi connectivity index (χ1) is 8.97. The van der Waals surface area contributed by atoms with Crippen LogP contribution in [0.2, 0.25) is 15.2 Å². The van der Waals surface area contributed by atoms with Gasteiger partial charge in [0.1, 0.15) is 5.15 Å². The highest BCUT2D eigenvalue weighted by Gasteiger charge is 2.10. The van der Waals surface area contributed by atoms with Gasteiger partial charge in [0.2, 0.25) is 0 Å². The van der Waals surface area contributed by atoms with E-state index < -0.39 is 5.97 Å². The summed E-state index contributed by atoms with van der Waals surface area (Å²) in [6.45, 7) is 0. The molecule has 0 amide bonds. The van der Waals surface area contributed by atoms with Gasteiger partial charge in [0.25, 0.3) is 0 Å². The molecule has 1 heterocycles. The average Bonchev–Trinajstić information content (AvgIpc) is 2.35. The van der Waals surface area contributed by atoms with Gasteiger partial charge in [-0.1, -0.05) is 40.9 Å². The van der Waals surface area contributed by atoms with Gasteiger partial charge in [0.15, 0.2) is 0 Å². The highest BCUT2D eigenvalue weighted by Crippen LogP contribution is 2.29. The van der Waals surface area contributed by atoms with Crippen LogP contribution < -0.4 is 0 Å². The predicted molar refractivity (Wildman–Crippen MR) is 76.0 cm³/mol. The van der Waals surface area contributed by atoms with Gasteiger partial charge < -0.3 is 5.11 Å². The molecule has 0 aliphatic rings. The zero-order chi connectivity index (χ0) is 14.0. The van der Waals surface area contributed by atoms with E-state index in [9.17, 15) is 4.79 Å². The molecule has 1 aromatic carbocycles. The second-order valence-corrected chi connectivity index (χ2v) is 5.05. The van der Waals surface area contributed by atoms with Gasteiger partial charge in [-0.05, 0) is 23.8 Å². The van der Waals surface area contributed by atoms with Crippen LogP contribution in [0, 0.1) is 0 Å². The maximum atomic E-state index is 10.7. The number of hydrogen-bond acceptors (Lipinski definition) is 2. The van der Waals surface area contributed by atoms with Gasteiger partial charge >= 0.3 is 5.97 Å². The molecule has 1 N–H and O–H groups in total. The Balaban J connectivity index is 2.44. The number of pyridine rings is 1. The quantitative estimate of drug-likeness (QED) is 0.857. The molecule has 98 valence electrons. The molecule has 0 spiro atoms. The first-order valence-corrected chi connectivity index (χ1v) is 6.42. The molecular weight excluding hydrogens is 309 g/mol. The molecule has 0 aliphatic carbocycles. The number of aliphatic carboxylic acids is 1. The van der Waals surface area contributed by atoms with Gasteiger partial charge in [-0.25, -0.2) is 4.98 Å². The minimum Gasteiger partial charge on any atom is -0.481 e. The van der Waals surface area contributed by atoms with Gasteiger partial charge in [-0.2, -0.15) is 0 Å². The van der Waals surface area contributed by atoms with Crippen LogP contribution in [0.25, 0.3) is 11.1 Å². The van der Waals surface area contributed by atoms with E-state index in [0.29, 0.717) is 15.6 Å². The molecule has 0 radical (unpaired) electrons. The fourth-order valence-corrected chi connectivity index (χ4v) is 2.08. The number of nitrogens with zero attached hydrogens (tertiary/aromatic N) is 1. The molecule has 0 bridgehead atoms. The molecule has 1 aromatic heterocycles. The third kappa shape index (κ3) is 3.38. The molecule has 0 aliphatic heterocycles. The summed E-state index contributed by atoms with van der Waals surface area (Å²) < 4.78 is 0. The number of benzene rings is 1. The SMILES string of the molecule is O=C(O)Cc1cc(-c2ccc(Cl)c(Cl)c2)cnc1Cl. The zero-order valence-electron chi connectivity index (χ0n) is 9.53. The topological polar surface area (TPSA) is 50.2 Å². The van der Waals surface area contributed by atoms with E-state index in [4.69, 9.17) is 39.9 Å². The molecule has 0 fully saturated rings. The van der Waals surface area contributed by atoms with E-state index in [-0.39, 0.29) is 11.6 Å². The van der Waals surface area contributed by atoms with Crippen molar-refractivity contribution in [1.82, 2.24) is 4.98 Å². The van der Waals surface area contributed by atoms with E-state index in [1.807, 2.05) is 0 Å². The first-order valence-electron chi connectivity index (χ1n) is 5.29. The number of hydrogen-bond donors (Lipinski definition) is 1. The molecule has 19 heavy (non-hydrogen) atoms. The summed E-state index contributed by atoms with van der Waals surface area (Å²) in [6, 6.07) is 6.83. The second kappa shape index (κ2) is 5.78. The lowest BCUT2D eigenvalue weighted by atomic mass is 10.1. The van der Waals surface area contributed by atoms with Gasteiger partial charge in [0.05, 0.1) is 16.5 Å². The maximum Gasteiger partial charge on any atom is 0.307 e. The van der Waals surface area contributed by atoms with Crippen molar-refractivity contribution < 1.29 is 9.90 Å². The summed E-state index contributed by atoms with van der Waals surface area (Å²) in [5.74, 6) is -0.963. The Morgan fingerprint density at radius 2 is 1.84 bits per heavy atom. The fraction of sp³-hybridized carbons (Fsp3) is 0.0769. The average molecular weight is 317 g/mol. The smallest absolute Gasteiger partial charge is 0.307 e. The molecule has 3 nitrogen and oxygen atoms in total. The van der Waals surface area contributed by atoms with Crippen LogP contribution in [0.5, 0.6) is 0 Å². The summed E-state index contributed by atoms with van der Waals surface area (Å²) in [7, 11) is 0. The van der Waals surface area contributed by atoms with Crippen LogP contribution in [0.3, 0.4) is 0 Å². The third-order valence-electron chi connectivity index (χ3n) is 2.51. The third-order valence-corrected chi connectivity index (χ3v) is 3.59. The highest BCUT2D eigenvalue weighted by molar-refractivity contribution is 6.42. The number of carboxylic acid groups (broad SMARTS) is 1. The van der Waals surface area contributed by atoms with Crippen LogP contribution >= 0.6 is 34.8 Å². The molecule has 2 aromatic rings. The van der Waals surface area contributed by atoms with Crippen molar-refractivity contribution in [3.05, 3.63) is 51.2 Å². The molecule has 0 saturated heterocycles. The number of carboxylic acids is 1. The Morgan fingerprint density at radius 1 is 1.11 bits per heavy atom. The summed E-state index contributed by atoms with van der Waals surface area (Å²) in [5, 5.41) is 9.88. The lowest BCUT2D eigenvalue weighted by Gasteiger charge is -2.06. The Morgan fingerprint density at radius 3 is 2.47 bits per heavy atom. The fourth-order valence-electron chi connectivity index (χ4n) is 1.61. The predicted octanol–water partition coefficient (Wildman–Crippen LogP) is 4.34. The highest BCUT2D eigenvalue weighted by atomic mass is 35.5. The van der Waals surface area contributed by atoms with Crippen LogP contribution in [-0.2, 0) is 11.2 Å². The number of rotatable bonds is 3. The van der Waals surface area contributed by atoms with Crippen molar-refractivity contribution in [2.45, 2.75) is 6.42 Å². The lowest BCUT2D eigenvalue weighted by molar-refractivity contribution is -0.136. The lowest BCUT2D eigenvalue weighted by Crippen LogP contribution is -2.02. The van der Waals surface area contributed by atoms with Gasteiger partial charge in [0, 0.05) is 17.3 Å². The largest absolute Gasteiger partial charge is 0.481 e. The van der Waals surface area contributed by atoms with E-state index in [0.717, 1.165) is 11.1 Å². The Kier molecular flexibility index (Phi) is 4.30. The first kappa shape index (κ1) is 14.1. The van der Waals surface area contributed by atoms with Gasteiger partial charge in [-0.3, -0.25) is 4.79 Å². The molecule has 6 heteroatoms. The second-order valence-electron chi connectivity index (χ2n) is 3.87. The maximum absolute atomic E-state index is 10.7. The van der Waals surface area contributed by atoms with Crippen molar-refractivity contribution in [1.29, 1.82) is 0 Å².